The Labute approximate surface area is 71.6 Å². The van der Waals surface area contributed by atoms with Crippen LogP contribution in [-0.4, -0.2) is 12.1 Å². The summed E-state index contributed by atoms with van der Waals surface area (Å²) in [5, 5.41) is 8.36. The van der Waals surface area contributed by atoms with Crippen LogP contribution < -0.4 is 4.74 Å². The summed E-state index contributed by atoms with van der Waals surface area (Å²) in [5.74, 6) is 0.602. The molecule has 1 aromatic heterocycles. The summed E-state index contributed by atoms with van der Waals surface area (Å²) in [6.07, 6.45) is 2.98. The Morgan fingerprint density at radius 1 is 1.67 bits per heavy atom. The molecule has 3 heteroatoms. The first-order valence-electron chi connectivity index (χ1n) is 3.72. The Balaban J connectivity index is 2.67. The van der Waals surface area contributed by atoms with Gasteiger partial charge in [0.2, 0.25) is 5.88 Å². The Kier molecular flexibility index (Phi) is 3.09. The highest BCUT2D eigenvalue weighted by Gasteiger charge is 1.95. The zero-order valence-electron chi connectivity index (χ0n) is 6.95. The van der Waals surface area contributed by atoms with Crippen molar-refractivity contribution in [2.45, 2.75) is 12.8 Å². The van der Waals surface area contributed by atoms with Crippen LogP contribution >= 0.6 is 0 Å². The number of aryl methyl sites for hydroxylation is 1. The van der Waals surface area contributed by atoms with Gasteiger partial charge in [0.05, 0.1) is 13.2 Å². The van der Waals surface area contributed by atoms with Gasteiger partial charge in [-0.15, -0.1) is 0 Å². The highest BCUT2D eigenvalue weighted by atomic mass is 16.5. The predicted molar refractivity (Wildman–Crippen MR) is 44.7 cm³/mol. The number of aromatic nitrogens is 1. The van der Waals surface area contributed by atoms with Gasteiger partial charge in [0.15, 0.2) is 0 Å². The van der Waals surface area contributed by atoms with Crippen molar-refractivity contribution in [1.82, 2.24) is 4.98 Å². The van der Waals surface area contributed by atoms with Crippen molar-refractivity contribution in [3.8, 4) is 11.9 Å². The molecule has 0 N–H and O–H groups in total. The van der Waals surface area contributed by atoms with Crippen LogP contribution in [0.1, 0.15) is 12.0 Å². The van der Waals surface area contributed by atoms with Crippen LogP contribution in [0.25, 0.3) is 0 Å². The highest BCUT2D eigenvalue weighted by Crippen LogP contribution is 2.09. The van der Waals surface area contributed by atoms with Crippen LogP contribution in [0.2, 0.25) is 0 Å². The van der Waals surface area contributed by atoms with E-state index in [0.29, 0.717) is 12.3 Å². The molecule has 0 spiro atoms. The Bertz CT molecular complexity index is 291. The molecule has 3 nitrogen and oxygen atoms in total. The second-order valence-electron chi connectivity index (χ2n) is 2.36. The molecule has 12 heavy (non-hydrogen) atoms. The van der Waals surface area contributed by atoms with E-state index in [4.69, 9.17) is 10.00 Å². The minimum Gasteiger partial charge on any atom is -0.481 e. The quantitative estimate of drug-likeness (QED) is 0.677. The van der Waals surface area contributed by atoms with Crippen LogP contribution in [0.15, 0.2) is 18.3 Å². The van der Waals surface area contributed by atoms with E-state index in [-0.39, 0.29) is 0 Å². The highest BCUT2D eigenvalue weighted by molar-refractivity contribution is 5.20. The molecule has 0 atom stereocenters. The summed E-state index contributed by atoms with van der Waals surface area (Å²) in [7, 11) is 1.58. The van der Waals surface area contributed by atoms with Gasteiger partial charge in [0.25, 0.3) is 0 Å². The Morgan fingerprint density at radius 3 is 3.17 bits per heavy atom. The zero-order chi connectivity index (χ0) is 8.81. The van der Waals surface area contributed by atoms with E-state index < -0.39 is 0 Å². The summed E-state index contributed by atoms with van der Waals surface area (Å²) < 4.78 is 4.94. The fraction of sp³-hybridized carbons (Fsp3) is 0.333. The molecule has 0 aliphatic carbocycles. The molecule has 1 rings (SSSR count). The second kappa shape index (κ2) is 4.35. The van der Waals surface area contributed by atoms with Gasteiger partial charge >= 0.3 is 0 Å². The SMILES string of the molecule is COc1cc(CCC#N)ccn1. The molecule has 0 unspecified atom stereocenters. The van der Waals surface area contributed by atoms with Crippen LogP contribution in [0.3, 0.4) is 0 Å². The fourth-order valence-electron chi connectivity index (χ4n) is 0.918. The van der Waals surface area contributed by atoms with Crippen molar-refractivity contribution in [2.75, 3.05) is 7.11 Å². The lowest BCUT2D eigenvalue weighted by Crippen LogP contribution is -1.89. The Morgan fingerprint density at radius 2 is 2.50 bits per heavy atom. The number of pyridine rings is 1. The van der Waals surface area contributed by atoms with E-state index in [1.807, 2.05) is 12.1 Å². The van der Waals surface area contributed by atoms with E-state index in [0.717, 1.165) is 12.0 Å². The predicted octanol–water partition coefficient (Wildman–Crippen LogP) is 1.55. The van der Waals surface area contributed by atoms with Crippen molar-refractivity contribution >= 4 is 0 Å². The van der Waals surface area contributed by atoms with Gasteiger partial charge in [0.1, 0.15) is 0 Å². The van der Waals surface area contributed by atoms with E-state index in [1.165, 1.54) is 0 Å². The maximum Gasteiger partial charge on any atom is 0.213 e. The van der Waals surface area contributed by atoms with Gasteiger partial charge in [-0.25, -0.2) is 4.98 Å². The van der Waals surface area contributed by atoms with E-state index in [9.17, 15) is 0 Å². The van der Waals surface area contributed by atoms with Crippen LogP contribution in [0.4, 0.5) is 0 Å². The topological polar surface area (TPSA) is 45.9 Å². The zero-order valence-corrected chi connectivity index (χ0v) is 6.95. The number of nitriles is 1. The summed E-state index contributed by atoms with van der Waals surface area (Å²) in [6.45, 7) is 0. The average Bonchev–Trinajstić information content (AvgIpc) is 2.15. The normalized spacial score (nSPS) is 9.00. The number of nitrogens with zero attached hydrogens (tertiary/aromatic N) is 2. The lowest BCUT2D eigenvalue weighted by Gasteiger charge is -2.00. The molecule has 0 fully saturated rings. The van der Waals surface area contributed by atoms with Gasteiger partial charge in [-0.05, 0) is 18.1 Å². The number of ether oxygens (including phenoxy) is 1. The van der Waals surface area contributed by atoms with Crippen LogP contribution in [-0.2, 0) is 6.42 Å². The van der Waals surface area contributed by atoms with Crippen LogP contribution in [0.5, 0.6) is 5.88 Å². The molecule has 62 valence electrons. The molecule has 0 saturated heterocycles. The lowest BCUT2D eigenvalue weighted by atomic mass is 10.1. The van der Waals surface area contributed by atoms with Gasteiger partial charge in [-0.3, -0.25) is 0 Å². The van der Waals surface area contributed by atoms with Crippen molar-refractivity contribution in [3.05, 3.63) is 23.9 Å². The summed E-state index contributed by atoms with van der Waals surface area (Å²) in [6, 6.07) is 5.83. The standard InChI is InChI=1S/C9H10N2O/c1-12-9-7-8(3-2-5-10)4-6-11-9/h4,6-7H,2-3H2,1H3. The summed E-state index contributed by atoms with van der Waals surface area (Å²) in [4.78, 5) is 3.96. The van der Waals surface area contributed by atoms with Crippen molar-refractivity contribution in [1.29, 1.82) is 5.26 Å². The molecule has 0 aromatic carbocycles. The van der Waals surface area contributed by atoms with Crippen molar-refractivity contribution in [2.24, 2.45) is 0 Å². The molecule has 1 aromatic rings. The second-order valence-corrected chi connectivity index (χ2v) is 2.36. The summed E-state index contributed by atoms with van der Waals surface area (Å²) >= 11 is 0. The van der Waals surface area contributed by atoms with Gasteiger partial charge in [-0.1, -0.05) is 0 Å². The number of methoxy groups -OCH3 is 1. The first-order valence-corrected chi connectivity index (χ1v) is 3.72. The van der Waals surface area contributed by atoms with E-state index >= 15 is 0 Å². The lowest BCUT2D eigenvalue weighted by molar-refractivity contribution is 0.397. The minimum absolute atomic E-state index is 0.535. The monoisotopic (exact) mass is 162 g/mol. The molecule has 0 bridgehead atoms. The molecule has 1 heterocycles. The molecule has 0 saturated carbocycles. The third-order valence-electron chi connectivity index (χ3n) is 1.53. The number of rotatable bonds is 3. The number of hydrogen-bond acceptors (Lipinski definition) is 3. The van der Waals surface area contributed by atoms with Gasteiger partial charge in [-0.2, -0.15) is 5.26 Å². The first kappa shape index (κ1) is 8.54. The van der Waals surface area contributed by atoms with Crippen LogP contribution in [0, 0.1) is 11.3 Å². The average molecular weight is 162 g/mol. The fourth-order valence-corrected chi connectivity index (χ4v) is 0.918. The molecular formula is C9H10N2O. The van der Waals surface area contributed by atoms with Gasteiger partial charge < -0.3 is 4.74 Å². The minimum atomic E-state index is 0.535. The largest absolute Gasteiger partial charge is 0.481 e. The van der Waals surface area contributed by atoms with E-state index in [2.05, 4.69) is 11.1 Å². The summed E-state index contributed by atoms with van der Waals surface area (Å²) in [5.41, 5.74) is 1.09. The maximum absolute atomic E-state index is 8.36. The molecule has 0 aliphatic heterocycles. The van der Waals surface area contributed by atoms with E-state index in [1.54, 1.807) is 13.3 Å². The van der Waals surface area contributed by atoms with Crippen molar-refractivity contribution < 1.29 is 4.74 Å². The molecule has 0 aliphatic rings. The van der Waals surface area contributed by atoms with Crippen molar-refractivity contribution in [3.63, 3.8) is 0 Å². The third-order valence-corrected chi connectivity index (χ3v) is 1.53. The molecular weight excluding hydrogens is 152 g/mol. The smallest absolute Gasteiger partial charge is 0.213 e. The molecule has 0 amide bonds. The van der Waals surface area contributed by atoms with Gasteiger partial charge in [0, 0.05) is 18.7 Å². The first-order chi connectivity index (χ1) is 5.86. The maximum atomic E-state index is 8.36. The number of hydrogen-bond donors (Lipinski definition) is 0. The molecule has 0 radical (unpaired) electrons. The third kappa shape index (κ3) is 2.24. The Hall–Kier alpha value is -1.56.